The maximum atomic E-state index is 10.5. The van der Waals surface area contributed by atoms with Crippen molar-refractivity contribution in [3.63, 3.8) is 0 Å². The number of rotatable bonds is 3. The monoisotopic (exact) mass is 234 g/mol. The molecule has 0 bridgehead atoms. The molecule has 0 aliphatic heterocycles. The number of para-hydroxylation sites is 1. The summed E-state index contributed by atoms with van der Waals surface area (Å²) in [6.45, 7) is 2.28. The molecule has 0 aromatic heterocycles. The molecular formula is C15H22O2. The van der Waals surface area contributed by atoms with E-state index in [0.29, 0.717) is 5.92 Å². The van der Waals surface area contributed by atoms with Crippen molar-refractivity contribution in [3.8, 4) is 5.75 Å². The van der Waals surface area contributed by atoms with Gasteiger partial charge in [0.1, 0.15) is 5.75 Å². The molecule has 1 aromatic rings. The maximum Gasteiger partial charge on any atom is 0.124 e. The fourth-order valence-electron chi connectivity index (χ4n) is 2.93. The summed E-state index contributed by atoms with van der Waals surface area (Å²) >= 11 is 0. The lowest BCUT2D eigenvalue weighted by Gasteiger charge is -2.31. The number of aliphatic hydroxyl groups is 1. The Balaban J connectivity index is 2.15. The number of ether oxygens (including phenoxy) is 1. The van der Waals surface area contributed by atoms with Crippen LogP contribution in [0.3, 0.4) is 0 Å². The third-order valence-electron chi connectivity index (χ3n) is 3.88. The van der Waals surface area contributed by atoms with Crippen LogP contribution in [0, 0.1) is 11.8 Å². The van der Waals surface area contributed by atoms with Crippen LogP contribution < -0.4 is 4.74 Å². The van der Waals surface area contributed by atoms with Gasteiger partial charge < -0.3 is 9.84 Å². The standard InChI is InChI=1S/C15H22O2/c1-11-6-5-7-12(10-11)15(16)13-8-3-4-9-14(13)17-2/h3-4,8-9,11-12,15-16H,5-7,10H2,1-2H3. The third kappa shape index (κ3) is 2.81. The summed E-state index contributed by atoms with van der Waals surface area (Å²) in [4.78, 5) is 0. The lowest BCUT2D eigenvalue weighted by atomic mass is 9.78. The molecule has 2 rings (SSSR count). The van der Waals surface area contributed by atoms with Crippen molar-refractivity contribution in [2.24, 2.45) is 11.8 Å². The lowest BCUT2D eigenvalue weighted by Crippen LogP contribution is -2.20. The minimum Gasteiger partial charge on any atom is -0.496 e. The van der Waals surface area contributed by atoms with Gasteiger partial charge in [-0.1, -0.05) is 38.0 Å². The fourth-order valence-corrected chi connectivity index (χ4v) is 2.93. The molecule has 2 heteroatoms. The van der Waals surface area contributed by atoms with E-state index < -0.39 is 0 Å². The van der Waals surface area contributed by atoms with Crippen molar-refractivity contribution in [1.82, 2.24) is 0 Å². The van der Waals surface area contributed by atoms with Gasteiger partial charge in [-0.05, 0) is 30.7 Å². The average Bonchev–Trinajstić information content (AvgIpc) is 2.38. The van der Waals surface area contributed by atoms with Gasteiger partial charge in [-0.15, -0.1) is 0 Å². The Labute approximate surface area is 104 Å². The highest BCUT2D eigenvalue weighted by Crippen LogP contribution is 2.39. The minimum absolute atomic E-state index is 0.381. The van der Waals surface area contributed by atoms with E-state index in [4.69, 9.17) is 4.74 Å². The first kappa shape index (κ1) is 12.4. The minimum atomic E-state index is -0.381. The normalized spacial score (nSPS) is 26.5. The van der Waals surface area contributed by atoms with Crippen LogP contribution >= 0.6 is 0 Å². The van der Waals surface area contributed by atoms with Crippen molar-refractivity contribution in [1.29, 1.82) is 0 Å². The third-order valence-corrected chi connectivity index (χ3v) is 3.88. The topological polar surface area (TPSA) is 29.5 Å². The van der Waals surface area contributed by atoms with E-state index in [1.807, 2.05) is 24.3 Å². The molecule has 1 saturated carbocycles. The highest BCUT2D eigenvalue weighted by Gasteiger charge is 2.27. The van der Waals surface area contributed by atoms with E-state index in [1.54, 1.807) is 7.11 Å². The van der Waals surface area contributed by atoms with E-state index >= 15 is 0 Å². The predicted molar refractivity (Wildman–Crippen MR) is 69.1 cm³/mol. The van der Waals surface area contributed by atoms with Gasteiger partial charge in [0.25, 0.3) is 0 Å². The first-order valence-corrected chi connectivity index (χ1v) is 6.53. The molecule has 0 spiro atoms. The summed E-state index contributed by atoms with van der Waals surface area (Å²) in [7, 11) is 1.66. The SMILES string of the molecule is COc1ccccc1C(O)C1CCCC(C)C1. The number of methoxy groups -OCH3 is 1. The van der Waals surface area contributed by atoms with Crippen LogP contribution in [-0.4, -0.2) is 12.2 Å². The summed E-state index contributed by atoms with van der Waals surface area (Å²) in [6.07, 6.45) is 4.41. The van der Waals surface area contributed by atoms with Crippen LogP contribution in [0.5, 0.6) is 5.75 Å². The summed E-state index contributed by atoms with van der Waals surface area (Å²) in [5.74, 6) is 1.92. The van der Waals surface area contributed by atoms with Gasteiger partial charge in [0.2, 0.25) is 0 Å². The lowest BCUT2D eigenvalue weighted by molar-refractivity contribution is 0.0693. The second-order valence-corrected chi connectivity index (χ2v) is 5.22. The molecule has 3 unspecified atom stereocenters. The average molecular weight is 234 g/mol. The molecule has 94 valence electrons. The maximum absolute atomic E-state index is 10.5. The largest absolute Gasteiger partial charge is 0.496 e. The highest BCUT2D eigenvalue weighted by molar-refractivity contribution is 5.35. The first-order chi connectivity index (χ1) is 8.22. The zero-order valence-corrected chi connectivity index (χ0v) is 10.7. The molecule has 1 fully saturated rings. The Hall–Kier alpha value is -1.02. The summed E-state index contributed by atoms with van der Waals surface area (Å²) in [6, 6.07) is 7.81. The van der Waals surface area contributed by atoms with E-state index in [1.165, 1.54) is 12.8 Å². The Bertz CT molecular complexity index is 362. The van der Waals surface area contributed by atoms with Crippen molar-refractivity contribution in [2.45, 2.75) is 38.7 Å². The molecule has 1 aliphatic rings. The summed E-state index contributed by atoms with van der Waals surface area (Å²) in [5, 5.41) is 10.5. The molecule has 2 nitrogen and oxygen atoms in total. The van der Waals surface area contributed by atoms with E-state index in [9.17, 15) is 5.11 Å². The van der Waals surface area contributed by atoms with Crippen LogP contribution in [0.15, 0.2) is 24.3 Å². The molecule has 0 radical (unpaired) electrons. The van der Waals surface area contributed by atoms with Crippen LogP contribution in [0.2, 0.25) is 0 Å². The van der Waals surface area contributed by atoms with Crippen LogP contribution in [0.25, 0.3) is 0 Å². The van der Waals surface area contributed by atoms with Gasteiger partial charge in [-0.2, -0.15) is 0 Å². The number of hydrogen-bond acceptors (Lipinski definition) is 2. The van der Waals surface area contributed by atoms with Gasteiger partial charge >= 0.3 is 0 Å². The van der Waals surface area contributed by atoms with Gasteiger partial charge in [0.15, 0.2) is 0 Å². The van der Waals surface area contributed by atoms with Gasteiger partial charge in [0, 0.05) is 5.56 Å². The summed E-state index contributed by atoms with van der Waals surface area (Å²) < 4.78 is 5.32. The molecule has 0 heterocycles. The second kappa shape index (κ2) is 5.54. The van der Waals surface area contributed by atoms with E-state index in [0.717, 1.165) is 30.1 Å². The van der Waals surface area contributed by atoms with E-state index in [-0.39, 0.29) is 6.10 Å². The highest BCUT2D eigenvalue weighted by atomic mass is 16.5. The fraction of sp³-hybridized carbons (Fsp3) is 0.600. The Morgan fingerprint density at radius 2 is 2.06 bits per heavy atom. The first-order valence-electron chi connectivity index (χ1n) is 6.53. The number of benzene rings is 1. The molecule has 0 saturated heterocycles. The Kier molecular flexibility index (Phi) is 4.06. The zero-order valence-electron chi connectivity index (χ0n) is 10.7. The number of hydrogen-bond donors (Lipinski definition) is 1. The zero-order chi connectivity index (χ0) is 12.3. The van der Waals surface area contributed by atoms with Crippen LogP contribution in [0.4, 0.5) is 0 Å². The molecule has 1 aromatic carbocycles. The molecular weight excluding hydrogens is 212 g/mol. The molecule has 3 atom stereocenters. The van der Waals surface area contributed by atoms with E-state index in [2.05, 4.69) is 6.92 Å². The summed E-state index contributed by atoms with van der Waals surface area (Å²) in [5.41, 5.74) is 0.939. The van der Waals surface area contributed by atoms with Crippen molar-refractivity contribution in [2.75, 3.05) is 7.11 Å². The Morgan fingerprint density at radius 1 is 1.29 bits per heavy atom. The quantitative estimate of drug-likeness (QED) is 0.866. The Morgan fingerprint density at radius 3 is 2.76 bits per heavy atom. The van der Waals surface area contributed by atoms with Gasteiger partial charge in [0.05, 0.1) is 13.2 Å². The van der Waals surface area contributed by atoms with Crippen LogP contribution in [0.1, 0.15) is 44.3 Å². The van der Waals surface area contributed by atoms with Crippen molar-refractivity contribution in [3.05, 3.63) is 29.8 Å². The van der Waals surface area contributed by atoms with Crippen molar-refractivity contribution >= 4 is 0 Å². The van der Waals surface area contributed by atoms with Crippen LogP contribution in [-0.2, 0) is 0 Å². The smallest absolute Gasteiger partial charge is 0.124 e. The molecule has 17 heavy (non-hydrogen) atoms. The second-order valence-electron chi connectivity index (χ2n) is 5.22. The van der Waals surface area contributed by atoms with Crippen molar-refractivity contribution < 1.29 is 9.84 Å². The van der Waals surface area contributed by atoms with Gasteiger partial charge in [-0.3, -0.25) is 0 Å². The number of aliphatic hydroxyl groups excluding tert-OH is 1. The predicted octanol–water partition coefficient (Wildman–Crippen LogP) is 3.55. The molecule has 0 amide bonds. The molecule has 1 aliphatic carbocycles. The van der Waals surface area contributed by atoms with Gasteiger partial charge in [-0.25, -0.2) is 0 Å². The molecule has 1 N–H and O–H groups in total.